The first kappa shape index (κ1) is 34.2. The van der Waals surface area contributed by atoms with Gasteiger partial charge in [-0.1, -0.05) is 12.1 Å². The van der Waals surface area contributed by atoms with Crippen molar-refractivity contribution >= 4 is 49.4 Å². The number of nitrogens with one attached hydrogen (secondary N) is 2. The number of rotatable bonds is 6. The van der Waals surface area contributed by atoms with E-state index in [9.17, 15) is 57.9 Å². The third-order valence-electron chi connectivity index (χ3n) is 5.94. The Kier molecular flexibility index (Phi) is 9.28. The Balaban J connectivity index is 2.08. The fourth-order valence-electron chi connectivity index (χ4n) is 3.80. The minimum atomic E-state index is -6.98. The fraction of sp³-hybridized carbons (Fsp3) is 0.200. The fourth-order valence-corrected chi connectivity index (χ4v) is 5.18. The SMILES string of the molecule is CNC(=O)c1c(F)ccc(-c2cccc(C(=O)Nc3c(Br)cc(C(F)(C(F)(F)F)C(F)(F)C(F)(F)F)cc3Br)c2F)c1F. The van der Waals surface area contributed by atoms with Crippen LogP contribution in [0.2, 0.25) is 0 Å². The average Bonchev–Trinajstić information content (AvgIpc) is 2.89. The van der Waals surface area contributed by atoms with Gasteiger partial charge in [0.25, 0.3) is 11.8 Å². The number of hydrogen-bond donors (Lipinski definition) is 2. The van der Waals surface area contributed by atoms with Gasteiger partial charge in [-0.3, -0.25) is 9.59 Å². The van der Waals surface area contributed by atoms with Crippen molar-refractivity contribution in [3.05, 3.63) is 85.6 Å². The molecule has 0 bridgehead atoms. The van der Waals surface area contributed by atoms with Crippen molar-refractivity contribution in [2.24, 2.45) is 0 Å². The number of amides is 2. The van der Waals surface area contributed by atoms with E-state index in [1.54, 1.807) is 0 Å². The van der Waals surface area contributed by atoms with E-state index in [4.69, 9.17) is 0 Å². The van der Waals surface area contributed by atoms with Crippen molar-refractivity contribution in [2.75, 3.05) is 12.4 Å². The highest BCUT2D eigenvalue weighted by atomic mass is 79.9. The summed E-state index contributed by atoms with van der Waals surface area (Å²) < 4.78 is 164. The molecule has 18 heteroatoms. The molecule has 0 aliphatic heterocycles. The van der Waals surface area contributed by atoms with Crippen LogP contribution < -0.4 is 10.6 Å². The molecule has 232 valence electrons. The van der Waals surface area contributed by atoms with Gasteiger partial charge in [-0.25, -0.2) is 17.6 Å². The molecule has 0 aliphatic rings. The molecule has 0 saturated heterocycles. The van der Waals surface area contributed by atoms with Gasteiger partial charge in [-0.2, -0.15) is 35.1 Å². The van der Waals surface area contributed by atoms with Gasteiger partial charge in [-0.05, 0) is 62.2 Å². The van der Waals surface area contributed by atoms with Crippen molar-refractivity contribution < 1.29 is 62.3 Å². The summed E-state index contributed by atoms with van der Waals surface area (Å²) in [6.07, 6.45) is -13.8. The minimum absolute atomic E-state index is 0.0888. The normalized spacial score (nSPS) is 13.8. The third-order valence-corrected chi connectivity index (χ3v) is 7.19. The maximum absolute atomic E-state index is 15.4. The van der Waals surface area contributed by atoms with Crippen LogP contribution in [0.4, 0.5) is 58.4 Å². The quantitative estimate of drug-likeness (QED) is 0.247. The summed E-state index contributed by atoms with van der Waals surface area (Å²) in [5.74, 6) is -13.8. The summed E-state index contributed by atoms with van der Waals surface area (Å²) >= 11 is 5.14. The van der Waals surface area contributed by atoms with Gasteiger partial charge in [0, 0.05) is 32.7 Å². The van der Waals surface area contributed by atoms with Crippen LogP contribution in [-0.4, -0.2) is 37.1 Å². The summed E-state index contributed by atoms with van der Waals surface area (Å²) in [6, 6.07) is 4.07. The van der Waals surface area contributed by atoms with E-state index in [0.717, 1.165) is 31.3 Å². The van der Waals surface area contributed by atoms with Gasteiger partial charge < -0.3 is 10.6 Å². The molecule has 3 rings (SSSR count). The van der Waals surface area contributed by atoms with E-state index in [-0.39, 0.29) is 12.1 Å². The zero-order valence-corrected chi connectivity index (χ0v) is 23.8. The number of alkyl halides is 9. The Morgan fingerprint density at radius 2 is 1.26 bits per heavy atom. The van der Waals surface area contributed by atoms with Crippen LogP contribution in [0.5, 0.6) is 0 Å². The smallest absolute Gasteiger partial charge is 0.355 e. The maximum atomic E-state index is 15.4. The van der Waals surface area contributed by atoms with Crippen LogP contribution in [0.15, 0.2) is 51.4 Å². The molecule has 3 aromatic rings. The molecule has 0 fully saturated rings. The Labute approximate surface area is 249 Å². The van der Waals surface area contributed by atoms with Crippen LogP contribution in [0.25, 0.3) is 11.1 Å². The van der Waals surface area contributed by atoms with E-state index in [1.165, 1.54) is 0 Å². The lowest BCUT2D eigenvalue weighted by Crippen LogP contribution is -2.59. The summed E-state index contributed by atoms with van der Waals surface area (Å²) in [7, 11) is 1.07. The number of hydrogen-bond acceptors (Lipinski definition) is 2. The predicted molar refractivity (Wildman–Crippen MR) is 135 cm³/mol. The van der Waals surface area contributed by atoms with E-state index < -0.39 is 95.7 Å². The monoisotopic (exact) mass is 758 g/mol. The van der Waals surface area contributed by atoms with E-state index in [0.29, 0.717) is 6.07 Å². The molecule has 0 aromatic heterocycles. The van der Waals surface area contributed by atoms with Gasteiger partial charge in [0.05, 0.1) is 11.3 Å². The first-order valence-corrected chi connectivity index (χ1v) is 12.7. The lowest BCUT2D eigenvalue weighted by atomic mass is 9.87. The molecule has 4 nitrogen and oxygen atoms in total. The molecule has 0 spiro atoms. The van der Waals surface area contributed by atoms with Crippen molar-refractivity contribution in [2.45, 2.75) is 23.9 Å². The van der Waals surface area contributed by atoms with Crippen LogP contribution in [0.1, 0.15) is 26.3 Å². The Hall–Kier alpha value is -3.28. The molecule has 1 unspecified atom stereocenters. The van der Waals surface area contributed by atoms with Crippen molar-refractivity contribution in [1.29, 1.82) is 0 Å². The van der Waals surface area contributed by atoms with Crippen LogP contribution >= 0.6 is 31.9 Å². The topological polar surface area (TPSA) is 58.2 Å². The van der Waals surface area contributed by atoms with E-state index >= 15 is 4.39 Å². The van der Waals surface area contributed by atoms with Crippen molar-refractivity contribution in [3.8, 4) is 11.1 Å². The lowest BCUT2D eigenvalue weighted by Gasteiger charge is -2.36. The minimum Gasteiger partial charge on any atom is -0.355 e. The van der Waals surface area contributed by atoms with E-state index in [1.807, 2.05) is 10.6 Å². The summed E-state index contributed by atoms with van der Waals surface area (Å²) in [5.41, 5.74) is -12.4. The molecule has 2 N–H and O–H groups in total. The van der Waals surface area contributed by atoms with Gasteiger partial charge in [-0.15, -0.1) is 0 Å². The zero-order valence-electron chi connectivity index (χ0n) is 20.6. The van der Waals surface area contributed by atoms with Crippen molar-refractivity contribution in [3.63, 3.8) is 0 Å². The number of benzene rings is 3. The molecule has 2 amide bonds. The Morgan fingerprint density at radius 1 is 0.721 bits per heavy atom. The van der Waals surface area contributed by atoms with Gasteiger partial charge in [0.1, 0.15) is 23.0 Å². The second kappa shape index (κ2) is 11.7. The molecule has 0 radical (unpaired) electrons. The molecule has 43 heavy (non-hydrogen) atoms. The van der Waals surface area contributed by atoms with Crippen LogP contribution in [0.3, 0.4) is 0 Å². The summed E-state index contributed by atoms with van der Waals surface area (Å²) in [5, 5.41) is 3.95. The van der Waals surface area contributed by atoms with Gasteiger partial charge in [0.2, 0.25) is 0 Å². The molecule has 1 atom stereocenters. The number of carbonyl (C=O) groups is 2. The highest BCUT2D eigenvalue weighted by Crippen LogP contribution is 2.59. The largest absolute Gasteiger partial charge is 0.457 e. The lowest BCUT2D eigenvalue weighted by molar-refractivity contribution is -0.389. The molecular weight excluding hydrogens is 748 g/mol. The predicted octanol–water partition coefficient (Wildman–Crippen LogP) is 8.83. The standard InChI is InChI=1S/C25H12Br2F12N2O2/c1-40-21(43)16-15(28)6-5-11(18(16)30)10-3-2-4-12(17(10)29)20(42)41-19-13(26)7-9(8-14(19)27)22(31,24(34,35)36)23(32,33)25(37,38)39/h2-8H,1H3,(H,40,43)(H,41,42). The first-order valence-electron chi connectivity index (χ1n) is 11.1. The third kappa shape index (κ3) is 5.82. The molecule has 0 saturated carbocycles. The number of halogens is 14. The zero-order chi connectivity index (χ0) is 32.9. The van der Waals surface area contributed by atoms with Gasteiger partial charge >= 0.3 is 23.9 Å². The summed E-state index contributed by atoms with van der Waals surface area (Å²) in [6.45, 7) is 0. The molecule has 0 heterocycles. The van der Waals surface area contributed by atoms with E-state index in [2.05, 4.69) is 31.9 Å². The second-order valence-electron chi connectivity index (χ2n) is 8.53. The maximum Gasteiger partial charge on any atom is 0.457 e. The average molecular weight is 760 g/mol. The highest BCUT2D eigenvalue weighted by molar-refractivity contribution is 9.11. The van der Waals surface area contributed by atoms with Crippen LogP contribution in [-0.2, 0) is 5.67 Å². The number of carbonyl (C=O) groups excluding carboxylic acids is 2. The molecule has 0 aliphatic carbocycles. The van der Waals surface area contributed by atoms with Gasteiger partial charge in [0.15, 0.2) is 0 Å². The highest BCUT2D eigenvalue weighted by Gasteiger charge is 2.81. The summed E-state index contributed by atoms with van der Waals surface area (Å²) in [4.78, 5) is 24.8. The van der Waals surface area contributed by atoms with Crippen molar-refractivity contribution in [1.82, 2.24) is 5.32 Å². The first-order chi connectivity index (χ1) is 19.6. The molecular formula is C25H12Br2F12N2O2. The second-order valence-corrected chi connectivity index (χ2v) is 10.2. The number of anilines is 1. The Bertz CT molecular complexity index is 1590. The van der Waals surface area contributed by atoms with Crippen LogP contribution in [0, 0.1) is 17.5 Å². The Morgan fingerprint density at radius 3 is 1.74 bits per heavy atom. The molecule has 3 aromatic carbocycles.